The molecule has 1 fully saturated rings. The molecule has 3 aromatic rings. The van der Waals surface area contributed by atoms with Gasteiger partial charge in [0.1, 0.15) is 5.75 Å². The second kappa shape index (κ2) is 9.97. The van der Waals surface area contributed by atoms with Gasteiger partial charge in [-0.1, -0.05) is 17.7 Å². The van der Waals surface area contributed by atoms with Gasteiger partial charge in [0.2, 0.25) is 0 Å². The molecule has 0 N–H and O–H groups in total. The zero-order valence-corrected chi connectivity index (χ0v) is 18.8. The van der Waals surface area contributed by atoms with Gasteiger partial charge >= 0.3 is 0 Å². The maximum absolute atomic E-state index is 12.5. The van der Waals surface area contributed by atoms with E-state index in [2.05, 4.69) is 0 Å². The highest BCUT2D eigenvalue weighted by molar-refractivity contribution is 7.12. The van der Waals surface area contributed by atoms with Gasteiger partial charge in [0, 0.05) is 42.3 Å². The molecule has 2 heterocycles. The summed E-state index contributed by atoms with van der Waals surface area (Å²) in [6, 6.07) is 17.1. The van der Waals surface area contributed by atoms with E-state index in [-0.39, 0.29) is 24.2 Å². The number of piperazine rings is 1. The van der Waals surface area contributed by atoms with Crippen LogP contribution < -0.4 is 4.74 Å². The van der Waals surface area contributed by atoms with Crippen LogP contribution in [0.3, 0.4) is 0 Å². The lowest BCUT2D eigenvalue weighted by molar-refractivity contribution is -0.134. The van der Waals surface area contributed by atoms with Crippen molar-refractivity contribution in [3.8, 4) is 5.75 Å². The van der Waals surface area contributed by atoms with Crippen molar-refractivity contribution in [3.63, 3.8) is 0 Å². The highest BCUT2D eigenvalue weighted by Crippen LogP contribution is 2.18. The molecule has 0 unspecified atom stereocenters. The first-order valence-corrected chi connectivity index (χ1v) is 11.4. The molecule has 32 heavy (non-hydrogen) atoms. The topological polar surface area (TPSA) is 66.9 Å². The van der Waals surface area contributed by atoms with Crippen LogP contribution in [0.4, 0.5) is 0 Å². The summed E-state index contributed by atoms with van der Waals surface area (Å²) in [7, 11) is 0. The minimum absolute atomic E-state index is 0.0107. The van der Waals surface area contributed by atoms with Crippen molar-refractivity contribution in [2.75, 3.05) is 32.8 Å². The Kier molecular flexibility index (Phi) is 6.87. The van der Waals surface area contributed by atoms with Crippen LogP contribution in [0.1, 0.15) is 25.6 Å². The van der Waals surface area contributed by atoms with Crippen LogP contribution >= 0.6 is 22.9 Å². The molecule has 2 aromatic carbocycles. The maximum atomic E-state index is 12.5. The standard InChI is InChI=1S/C24H21ClN2O4S/c25-19-7-3-17(4-8-19)23(29)18-5-9-20(10-6-18)31-16-22(28)26-11-13-27(14-12-26)24(30)21-2-1-15-32-21/h1-10,15H,11-14,16H2. The summed E-state index contributed by atoms with van der Waals surface area (Å²) in [6.07, 6.45) is 0. The van der Waals surface area contributed by atoms with Crippen LogP contribution in [0, 0.1) is 0 Å². The van der Waals surface area contributed by atoms with E-state index in [0.29, 0.717) is 53.0 Å². The second-order valence-corrected chi connectivity index (χ2v) is 8.68. The van der Waals surface area contributed by atoms with Crippen LogP contribution in [-0.2, 0) is 4.79 Å². The highest BCUT2D eigenvalue weighted by atomic mass is 35.5. The fourth-order valence-corrected chi connectivity index (χ4v) is 4.24. The molecule has 6 nitrogen and oxygen atoms in total. The minimum atomic E-state index is -0.130. The molecule has 1 aliphatic heterocycles. The fraction of sp³-hybridized carbons (Fsp3) is 0.208. The molecule has 1 saturated heterocycles. The summed E-state index contributed by atoms with van der Waals surface area (Å²) < 4.78 is 5.61. The van der Waals surface area contributed by atoms with Gasteiger partial charge in [0.25, 0.3) is 11.8 Å². The summed E-state index contributed by atoms with van der Waals surface area (Å²) >= 11 is 7.29. The first-order valence-electron chi connectivity index (χ1n) is 10.1. The number of ether oxygens (including phenoxy) is 1. The molecule has 4 rings (SSSR count). The zero-order valence-electron chi connectivity index (χ0n) is 17.2. The number of carbonyl (C=O) groups is 3. The van der Waals surface area contributed by atoms with Crippen LogP contribution in [0.25, 0.3) is 0 Å². The van der Waals surface area contributed by atoms with Gasteiger partial charge < -0.3 is 14.5 Å². The first kappa shape index (κ1) is 22.0. The molecule has 0 aliphatic carbocycles. The largest absolute Gasteiger partial charge is 0.484 e. The first-order chi connectivity index (χ1) is 15.5. The number of carbonyl (C=O) groups excluding carboxylic acids is 3. The zero-order chi connectivity index (χ0) is 22.5. The summed E-state index contributed by atoms with van der Waals surface area (Å²) in [4.78, 5) is 41.6. The van der Waals surface area contributed by atoms with E-state index in [9.17, 15) is 14.4 Å². The van der Waals surface area contributed by atoms with E-state index in [1.165, 1.54) is 11.3 Å². The van der Waals surface area contributed by atoms with E-state index in [1.54, 1.807) is 58.3 Å². The fourth-order valence-electron chi connectivity index (χ4n) is 3.42. The maximum Gasteiger partial charge on any atom is 0.264 e. The lowest BCUT2D eigenvalue weighted by atomic mass is 10.0. The van der Waals surface area contributed by atoms with Crippen molar-refractivity contribution < 1.29 is 19.1 Å². The molecule has 1 aliphatic rings. The van der Waals surface area contributed by atoms with Crippen molar-refractivity contribution in [1.29, 1.82) is 0 Å². The van der Waals surface area contributed by atoms with Gasteiger partial charge in [-0.15, -0.1) is 11.3 Å². The van der Waals surface area contributed by atoms with Gasteiger partial charge in [-0.25, -0.2) is 0 Å². The third-order valence-corrected chi connectivity index (χ3v) is 6.35. The summed E-state index contributed by atoms with van der Waals surface area (Å²) in [5.74, 6) is 0.280. The van der Waals surface area contributed by atoms with Crippen molar-refractivity contribution in [2.24, 2.45) is 0 Å². The Balaban J connectivity index is 1.26. The molecule has 0 saturated carbocycles. The van der Waals surface area contributed by atoms with Gasteiger partial charge in [-0.05, 0) is 60.0 Å². The molecule has 2 amide bonds. The lowest BCUT2D eigenvalue weighted by Gasteiger charge is -2.34. The molecule has 1 aromatic heterocycles. The number of hydrogen-bond acceptors (Lipinski definition) is 5. The number of rotatable bonds is 6. The van der Waals surface area contributed by atoms with Crippen LogP contribution in [0.15, 0.2) is 66.0 Å². The normalized spacial score (nSPS) is 13.7. The van der Waals surface area contributed by atoms with Crippen LogP contribution in [-0.4, -0.2) is 60.2 Å². The Morgan fingerprint density at radius 2 is 1.44 bits per heavy atom. The second-order valence-electron chi connectivity index (χ2n) is 7.30. The van der Waals surface area contributed by atoms with Gasteiger partial charge in [-0.3, -0.25) is 14.4 Å². The number of amides is 2. The Morgan fingerprint density at radius 3 is 2.03 bits per heavy atom. The molecular formula is C24H21ClN2O4S. The quantitative estimate of drug-likeness (QED) is 0.513. The van der Waals surface area contributed by atoms with Gasteiger partial charge in [0.05, 0.1) is 4.88 Å². The number of nitrogens with zero attached hydrogens (tertiary/aromatic N) is 2. The highest BCUT2D eigenvalue weighted by Gasteiger charge is 2.25. The van der Waals surface area contributed by atoms with Crippen molar-refractivity contribution in [1.82, 2.24) is 9.80 Å². The number of thiophene rings is 1. The number of ketones is 1. The monoisotopic (exact) mass is 468 g/mol. The Hall–Kier alpha value is -3.16. The molecule has 0 atom stereocenters. The Bertz CT molecular complexity index is 1090. The molecule has 164 valence electrons. The Labute approximate surface area is 195 Å². The molecule has 0 spiro atoms. The number of hydrogen-bond donors (Lipinski definition) is 0. The average Bonchev–Trinajstić information content (AvgIpc) is 3.38. The smallest absolute Gasteiger partial charge is 0.264 e. The molecular weight excluding hydrogens is 448 g/mol. The van der Waals surface area contributed by atoms with Crippen LogP contribution in [0.2, 0.25) is 5.02 Å². The van der Waals surface area contributed by atoms with E-state index in [1.807, 2.05) is 17.5 Å². The van der Waals surface area contributed by atoms with E-state index < -0.39 is 0 Å². The summed E-state index contributed by atoms with van der Waals surface area (Å²) in [6.45, 7) is 1.87. The SMILES string of the molecule is O=C(c1ccc(Cl)cc1)c1ccc(OCC(=O)N2CCN(C(=O)c3cccs3)CC2)cc1. The predicted octanol–water partition coefficient (Wildman–Crippen LogP) is 4.00. The van der Waals surface area contributed by atoms with Gasteiger partial charge in [-0.2, -0.15) is 0 Å². The van der Waals surface area contributed by atoms with Crippen LogP contribution in [0.5, 0.6) is 5.75 Å². The number of halogens is 1. The minimum Gasteiger partial charge on any atom is -0.484 e. The average molecular weight is 469 g/mol. The Morgan fingerprint density at radius 1 is 0.844 bits per heavy atom. The van der Waals surface area contributed by atoms with E-state index >= 15 is 0 Å². The number of benzene rings is 2. The summed E-state index contributed by atoms with van der Waals surface area (Å²) in [5.41, 5.74) is 1.08. The van der Waals surface area contributed by atoms with Crippen molar-refractivity contribution in [3.05, 3.63) is 87.1 Å². The van der Waals surface area contributed by atoms with E-state index in [0.717, 1.165) is 0 Å². The van der Waals surface area contributed by atoms with Gasteiger partial charge in [0.15, 0.2) is 12.4 Å². The lowest BCUT2D eigenvalue weighted by Crippen LogP contribution is -2.51. The van der Waals surface area contributed by atoms with E-state index in [4.69, 9.17) is 16.3 Å². The predicted molar refractivity (Wildman–Crippen MR) is 124 cm³/mol. The third kappa shape index (κ3) is 5.18. The third-order valence-electron chi connectivity index (χ3n) is 5.24. The van der Waals surface area contributed by atoms with Crippen molar-refractivity contribution in [2.45, 2.75) is 0 Å². The molecule has 0 radical (unpaired) electrons. The molecule has 8 heteroatoms. The molecule has 0 bridgehead atoms. The van der Waals surface area contributed by atoms with Crippen molar-refractivity contribution >= 4 is 40.5 Å². The summed E-state index contributed by atoms with van der Waals surface area (Å²) in [5, 5.41) is 2.45.